The van der Waals surface area contributed by atoms with Gasteiger partial charge in [0.15, 0.2) is 9.84 Å². The van der Waals surface area contributed by atoms with Crippen molar-refractivity contribution in [1.82, 2.24) is 9.78 Å². The second kappa shape index (κ2) is 8.02. The van der Waals surface area contributed by atoms with E-state index >= 15 is 0 Å². The van der Waals surface area contributed by atoms with Gasteiger partial charge >= 0.3 is 0 Å². The van der Waals surface area contributed by atoms with Crippen LogP contribution in [0, 0.1) is 20.8 Å². The van der Waals surface area contributed by atoms with Gasteiger partial charge in [0.05, 0.1) is 35.9 Å². The number of nitrogens with zero attached hydrogens (tertiary/aromatic N) is 2. The Hall–Kier alpha value is -1.86. The predicted octanol–water partition coefficient (Wildman–Crippen LogP) is 1.26. The highest BCUT2D eigenvalue weighted by Gasteiger charge is 2.31. The molecule has 27 heavy (non-hydrogen) atoms. The summed E-state index contributed by atoms with van der Waals surface area (Å²) in [5, 5.41) is 4.66. The summed E-state index contributed by atoms with van der Waals surface area (Å²) in [6, 6.07) is 8.07. The monoisotopic (exact) mass is 392 g/mol. The molecule has 1 aliphatic heterocycles. The number of benzene rings is 1. The van der Waals surface area contributed by atoms with Gasteiger partial charge in [-0.15, -0.1) is 0 Å². The zero-order valence-electron chi connectivity index (χ0n) is 16.7. The molecule has 1 N–H and O–H groups in total. The number of hydrogen-bond donors (Lipinski definition) is 1. The summed E-state index contributed by atoms with van der Waals surface area (Å²) in [5.74, 6) is 1.39. The van der Waals surface area contributed by atoms with Crippen LogP contribution in [0.25, 0.3) is 0 Å². The van der Waals surface area contributed by atoms with Gasteiger partial charge in [-0.3, -0.25) is 4.68 Å². The Balaban J connectivity index is 1.58. The first-order valence-corrected chi connectivity index (χ1v) is 11.3. The average Bonchev–Trinajstić information content (AvgIpc) is 3.08. The van der Waals surface area contributed by atoms with Gasteiger partial charge < -0.3 is 9.64 Å². The number of ether oxygens (including phenoxy) is 1. The Morgan fingerprint density at radius 2 is 2.07 bits per heavy atom. The quantitative estimate of drug-likeness (QED) is 0.771. The number of aryl methyl sites for hydroxylation is 2. The summed E-state index contributed by atoms with van der Waals surface area (Å²) in [6.45, 7) is 8.52. The topological polar surface area (TPSA) is 65.6 Å². The van der Waals surface area contributed by atoms with Crippen molar-refractivity contribution in [1.29, 1.82) is 0 Å². The van der Waals surface area contributed by atoms with E-state index in [1.54, 1.807) is 0 Å². The average molecular weight is 393 g/mol. The zero-order chi connectivity index (χ0) is 19.6. The number of likely N-dealkylation sites (N-methyl/N-ethyl adjacent to an activating group) is 1. The van der Waals surface area contributed by atoms with Crippen molar-refractivity contribution in [2.24, 2.45) is 0 Å². The second-order valence-corrected chi connectivity index (χ2v) is 9.93. The first kappa shape index (κ1) is 19.9. The van der Waals surface area contributed by atoms with E-state index in [0.717, 1.165) is 30.2 Å². The molecular weight excluding hydrogens is 362 g/mol. The van der Waals surface area contributed by atoms with Gasteiger partial charge in [-0.2, -0.15) is 5.10 Å². The van der Waals surface area contributed by atoms with E-state index in [-0.39, 0.29) is 17.5 Å². The molecular formula is C20H30N3O3S+. The number of aromatic nitrogens is 2. The predicted molar refractivity (Wildman–Crippen MR) is 106 cm³/mol. The molecule has 1 unspecified atom stereocenters. The molecule has 3 rings (SSSR count). The minimum absolute atomic E-state index is 0.0209. The Labute approximate surface area is 162 Å². The number of quaternary nitrogens is 1. The molecule has 1 aromatic carbocycles. The third-order valence-corrected chi connectivity index (χ3v) is 7.05. The third-order valence-electron chi connectivity index (χ3n) is 5.29. The zero-order valence-corrected chi connectivity index (χ0v) is 17.5. The van der Waals surface area contributed by atoms with Crippen LogP contribution < -0.4 is 9.64 Å². The van der Waals surface area contributed by atoms with Crippen LogP contribution >= 0.6 is 0 Å². The molecule has 0 amide bonds. The van der Waals surface area contributed by atoms with Crippen molar-refractivity contribution in [2.75, 3.05) is 31.7 Å². The molecule has 7 heteroatoms. The molecule has 1 saturated heterocycles. The van der Waals surface area contributed by atoms with Crippen LogP contribution in [0.15, 0.2) is 24.3 Å². The normalized spacial score (nSPS) is 19.9. The van der Waals surface area contributed by atoms with Crippen molar-refractivity contribution >= 4 is 9.84 Å². The van der Waals surface area contributed by atoms with Crippen molar-refractivity contribution in [3.05, 3.63) is 46.8 Å². The lowest BCUT2D eigenvalue weighted by atomic mass is 10.1. The first-order valence-electron chi connectivity index (χ1n) is 9.51. The summed E-state index contributed by atoms with van der Waals surface area (Å²) < 4.78 is 31.4. The van der Waals surface area contributed by atoms with Crippen LogP contribution in [-0.4, -0.2) is 49.9 Å². The van der Waals surface area contributed by atoms with Gasteiger partial charge in [0.1, 0.15) is 25.4 Å². The minimum Gasteiger partial charge on any atom is -0.488 e. The molecule has 0 spiro atoms. The van der Waals surface area contributed by atoms with Crippen LogP contribution in [0.4, 0.5) is 0 Å². The van der Waals surface area contributed by atoms with Gasteiger partial charge in [0, 0.05) is 5.69 Å². The fourth-order valence-corrected chi connectivity index (χ4v) is 5.41. The summed E-state index contributed by atoms with van der Waals surface area (Å²) >= 11 is 0. The highest BCUT2D eigenvalue weighted by atomic mass is 32.2. The Kier molecular flexibility index (Phi) is 5.91. The maximum absolute atomic E-state index is 11.8. The maximum Gasteiger partial charge on any atom is 0.152 e. The van der Waals surface area contributed by atoms with Crippen molar-refractivity contribution in [3.63, 3.8) is 0 Å². The van der Waals surface area contributed by atoms with E-state index < -0.39 is 9.84 Å². The van der Waals surface area contributed by atoms with E-state index in [1.807, 2.05) is 29.8 Å². The van der Waals surface area contributed by atoms with Crippen LogP contribution in [0.5, 0.6) is 5.75 Å². The lowest BCUT2D eigenvalue weighted by Crippen LogP contribution is -3.08. The van der Waals surface area contributed by atoms with Crippen LogP contribution in [0.1, 0.15) is 35.0 Å². The SMILES string of the molecule is Cc1cccc(OCC[NH+](C)Cc2c(C)nn([C@H]3CCS(=O)(=O)C3)c2C)c1. The molecule has 2 heterocycles. The first-order chi connectivity index (χ1) is 12.7. The van der Waals surface area contributed by atoms with Crippen LogP contribution in [0.2, 0.25) is 0 Å². The molecule has 0 saturated carbocycles. The highest BCUT2D eigenvalue weighted by Crippen LogP contribution is 2.26. The highest BCUT2D eigenvalue weighted by molar-refractivity contribution is 7.91. The molecule has 6 nitrogen and oxygen atoms in total. The van der Waals surface area contributed by atoms with Crippen LogP contribution in [-0.2, 0) is 16.4 Å². The number of sulfone groups is 1. The summed E-state index contributed by atoms with van der Waals surface area (Å²) in [7, 11) is -0.762. The Morgan fingerprint density at radius 1 is 1.30 bits per heavy atom. The maximum atomic E-state index is 11.8. The smallest absolute Gasteiger partial charge is 0.152 e. The fraction of sp³-hybridized carbons (Fsp3) is 0.550. The molecule has 1 fully saturated rings. The van der Waals surface area contributed by atoms with Gasteiger partial charge in [0.25, 0.3) is 0 Å². The van der Waals surface area contributed by atoms with Crippen molar-refractivity contribution in [2.45, 2.75) is 39.8 Å². The molecule has 1 aliphatic rings. The van der Waals surface area contributed by atoms with Crippen LogP contribution in [0.3, 0.4) is 0 Å². The summed E-state index contributed by atoms with van der Waals surface area (Å²) in [4.78, 5) is 1.34. The van der Waals surface area contributed by atoms with E-state index in [2.05, 4.69) is 32.1 Å². The molecule has 2 aromatic rings. The number of rotatable bonds is 7. The molecule has 2 atom stereocenters. The lowest BCUT2D eigenvalue weighted by Gasteiger charge is -2.16. The second-order valence-electron chi connectivity index (χ2n) is 7.70. The minimum atomic E-state index is -2.91. The van der Waals surface area contributed by atoms with Gasteiger partial charge in [0.2, 0.25) is 0 Å². The molecule has 1 aromatic heterocycles. The Bertz CT molecular complexity index is 905. The van der Waals surface area contributed by atoms with E-state index in [0.29, 0.717) is 13.0 Å². The molecule has 148 valence electrons. The molecule has 0 bridgehead atoms. The fourth-order valence-electron chi connectivity index (χ4n) is 3.72. The third kappa shape index (κ3) is 4.90. The summed E-state index contributed by atoms with van der Waals surface area (Å²) in [6.07, 6.45) is 0.663. The van der Waals surface area contributed by atoms with Gasteiger partial charge in [-0.1, -0.05) is 12.1 Å². The van der Waals surface area contributed by atoms with Crippen molar-refractivity contribution < 1.29 is 18.1 Å². The Morgan fingerprint density at radius 3 is 2.74 bits per heavy atom. The molecule has 0 aliphatic carbocycles. The number of hydrogen-bond acceptors (Lipinski definition) is 4. The largest absolute Gasteiger partial charge is 0.488 e. The van der Waals surface area contributed by atoms with Crippen molar-refractivity contribution in [3.8, 4) is 5.75 Å². The van der Waals surface area contributed by atoms with E-state index in [9.17, 15) is 8.42 Å². The van der Waals surface area contributed by atoms with E-state index in [4.69, 9.17) is 4.74 Å². The summed E-state index contributed by atoms with van der Waals surface area (Å²) in [5.41, 5.74) is 4.50. The number of nitrogens with one attached hydrogen (secondary N) is 1. The van der Waals surface area contributed by atoms with E-state index in [1.165, 1.54) is 16.0 Å². The lowest BCUT2D eigenvalue weighted by molar-refractivity contribution is -0.893. The standard InChI is InChI=1S/C20H29N3O3S/c1-15-6-5-7-19(12-15)26-10-9-22(4)13-20-16(2)21-23(17(20)3)18-8-11-27(24,25)14-18/h5-7,12,18H,8-11,13-14H2,1-4H3/p+1/t18-/m0/s1. The molecule has 0 radical (unpaired) electrons. The van der Waals surface area contributed by atoms with Gasteiger partial charge in [-0.05, 0) is 44.9 Å². The van der Waals surface area contributed by atoms with Gasteiger partial charge in [-0.25, -0.2) is 8.42 Å².